The van der Waals surface area contributed by atoms with Gasteiger partial charge < -0.3 is 14.9 Å². The molecule has 3 heterocycles. The van der Waals surface area contributed by atoms with Crippen LogP contribution in [0.2, 0.25) is 10.0 Å². The largest absolute Gasteiger partial charge is 0.393 e. The first-order valence-electron chi connectivity index (χ1n) is 9.54. The minimum absolute atomic E-state index is 0.193. The minimum atomic E-state index is -0.320. The quantitative estimate of drug-likeness (QED) is 0.829. The molecule has 1 aromatic heterocycles. The molecule has 1 saturated carbocycles. The van der Waals surface area contributed by atoms with Crippen molar-refractivity contribution in [3.63, 3.8) is 0 Å². The van der Waals surface area contributed by atoms with E-state index in [2.05, 4.69) is 14.8 Å². The normalized spacial score (nSPS) is 32.5. The van der Waals surface area contributed by atoms with Crippen molar-refractivity contribution in [2.45, 2.75) is 57.1 Å². The Hall–Kier alpha value is -1.04. The Kier molecular flexibility index (Phi) is 5.06. The first-order chi connectivity index (χ1) is 12.5. The van der Waals surface area contributed by atoms with Crippen LogP contribution in [0, 0.1) is 5.41 Å². The van der Waals surface area contributed by atoms with Crippen LogP contribution in [0.15, 0.2) is 12.3 Å². The summed E-state index contributed by atoms with van der Waals surface area (Å²) in [4.78, 5) is 22.0. The van der Waals surface area contributed by atoms with E-state index in [1.54, 1.807) is 12.3 Å². The van der Waals surface area contributed by atoms with Gasteiger partial charge in [-0.25, -0.2) is 4.98 Å². The van der Waals surface area contributed by atoms with Crippen molar-refractivity contribution in [3.05, 3.63) is 22.3 Å². The van der Waals surface area contributed by atoms with Crippen molar-refractivity contribution in [2.24, 2.45) is 5.41 Å². The van der Waals surface area contributed by atoms with Crippen LogP contribution in [0.4, 0.5) is 5.82 Å². The first kappa shape index (κ1) is 18.3. The molecule has 1 N–H and O–H groups in total. The van der Waals surface area contributed by atoms with Crippen molar-refractivity contribution in [1.29, 1.82) is 0 Å². The maximum Gasteiger partial charge on any atom is 0.230 e. The Balaban J connectivity index is 1.50. The smallest absolute Gasteiger partial charge is 0.230 e. The van der Waals surface area contributed by atoms with Gasteiger partial charge in [-0.15, -0.1) is 0 Å². The molecule has 4 rings (SSSR count). The van der Waals surface area contributed by atoms with Crippen LogP contribution in [0.1, 0.15) is 44.9 Å². The summed E-state index contributed by atoms with van der Waals surface area (Å²) in [6.07, 6.45) is 7.64. The lowest BCUT2D eigenvalue weighted by atomic mass is 9.78. The summed E-state index contributed by atoms with van der Waals surface area (Å²) in [5.74, 6) is 1.01. The second-order valence-corrected chi connectivity index (χ2v) is 8.82. The van der Waals surface area contributed by atoms with E-state index in [4.69, 9.17) is 23.2 Å². The number of amides is 1. The fourth-order valence-electron chi connectivity index (χ4n) is 4.90. The van der Waals surface area contributed by atoms with E-state index in [-0.39, 0.29) is 23.5 Å². The number of rotatable bonds is 2. The second-order valence-electron chi connectivity index (χ2n) is 7.98. The van der Waals surface area contributed by atoms with Gasteiger partial charge in [-0.1, -0.05) is 23.2 Å². The molecule has 0 unspecified atom stereocenters. The molecule has 3 fully saturated rings. The minimum Gasteiger partial charge on any atom is -0.393 e. The van der Waals surface area contributed by atoms with Crippen LogP contribution in [0.5, 0.6) is 0 Å². The molecule has 1 spiro atoms. The van der Waals surface area contributed by atoms with E-state index >= 15 is 0 Å². The van der Waals surface area contributed by atoms with Gasteiger partial charge in [0.15, 0.2) is 0 Å². The predicted octanol–water partition coefficient (Wildman–Crippen LogP) is 3.51. The van der Waals surface area contributed by atoms with E-state index < -0.39 is 0 Å². The topological polar surface area (TPSA) is 56.7 Å². The Morgan fingerprint density at radius 3 is 2.65 bits per heavy atom. The number of halogens is 2. The number of aliphatic hydroxyl groups excluding tert-OH is 1. The molecule has 1 atom stereocenters. The van der Waals surface area contributed by atoms with E-state index in [9.17, 15) is 9.90 Å². The molecule has 5 nitrogen and oxygen atoms in total. The van der Waals surface area contributed by atoms with Gasteiger partial charge in [0.25, 0.3) is 0 Å². The molecule has 1 amide bonds. The van der Waals surface area contributed by atoms with Crippen LogP contribution in [0.3, 0.4) is 0 Å². The number of nitrogens with zero attached hydrogens (tertiary/aromatic N) is 3. The number of likely N-dealkylation sites (tertiary alicyclic amines) is 1. The van der Waals surface area contributed by atoms with Crippen LogP contribution in [0.25, 0.3) is 0 Å². The summed E-state index contributed by atoms with van der Waals surface area (Å²) in [6.45, 7) is 2.36. The molecule has 0 bridgehead atoms. The molecular weight excluding hydrogens is 373 g/mol. The standard InChI is InChI=1S/C19H25Cl2N3O2/c20-13-10-16(21)17(22-11-13)23-8-1-6-19(12-23)7-9-24(18(19)26)14-2-4-15(25)5-3-14/h10-11,14-15,25H,1-9,12H2/t14?,15?,19-/m0/s1. The summed E-state index contributed by atoms with van der Waals surface area (Å²) in [5, 5.41) is 10.8. The van der Waals surface area contributed by atoms with Crippen LogP contribution in [-0.4, -0.2) is 52.7 Å². The number of piperidine rings is 1. The molecule has 3 aliphatic rings. The highest BCUT2D eigenvalue weighted by Gasteiger charge is 2.50. The molecule has 2 saturated heterocycles. The molecular formula is C19H25Cl2N3O2. The Morgan fingerprint density at radius 2 is 1.92 bits per heavy atom. The highest BCUT2D eigenvalue weighted by atomic mass is 35.5. The average Bonchev–Trinajstić information content (AvgIpc) is 2.92. The van der Waals surface area contributed by atoms with Crippen LogP contribution >= 0.6 is 23.2 Å². The highest BCUT2D eigenvalue weighted by molar-refractivity contribution is 6.36. The molecule has 1 aromatic rings. The van der Waals surface area contributed by atoms with Gasteiger partial charge in [0.2, 0.25) is 5.91 Å². The van der Waals surface area contributed by atoms with E-state index in [0.717, 1.165) is 63.9 Å². The van der Waals surface area contributed by atoms with Crippen molar-refractivity contribution >= 4 is 34.9 Å². The number of carbonyl (C=O) groups excluding carboxylic acids is 1. The van der Waals surface area contributed by atoms with E-state index in [1.807, 2.05) is 0 Å². The SMILES string of the molecule is O=C1N(C2CCC(O)CC2)CC[C@]12CCCN(c1ncc(Cl)cc1Cl)C2. The molecule has 142 valence electrons. The molecule has 0 radical (unpaired) electrons. The van der Waals surface area contributed by atoms with Crippen molar-refractivity contribution in [1.82, 2.24) is 9.88 Å². The van der Waals surface area contributed by atoms with E-state index in [1.165, 1.54) is 0 Å². The summed E-state index contributed by atoms with van der Waals surface area (Å²) in [5.41, 5.74) is -0.320. The zero-order valence-corrected chi connectivity index (χ0v) is 16.3. The highest BCUT2D eigenvalue weighted by Crippen LogP contribution is 2.44. The van der Waals surface area contributed by atoms with Crippen LogP contribution < -0.4 is 4.90 Å². The Morgan fingerprint density at radius 1 is 1.15 bits per heavy atom. The fraction of sp³-hybridized carbons (Fsp3) is 0.684. The van der Waals surface area contributed by atoms with Gasteiger partial charge in [-0.05, 0) is 51.0 Å². The second kappa shape index (κ2) is 7.17. The fourth-order valence-corrected chi connectivity index (χ4v) is 5.40. The van der Waals surface area contributed by atoms with Crippen LogP contribution in [-0.2, 0) is 4.79 Å². The maximum atomic E-state index is 13.3. The number of pyridine rings is 1. The zero-order valence-electron chi connectivity index (χ0n) is 14.8. The summed E-state index contributed by atoms with van der Waals surface area (Å²) >= 11 is 12.3. The van der Waals surface area contributed by atoms with Crippen molar-refractivity contribution in [2.75, 3.05) is 24.5 Å². The van der Waals surface area contributed by atoms with Gasteiger partial charge in [-0.2, -0.15) is 0 Å². The van der Waals surface area contributed by atoms with Crippen molar-refractivity contribution in [3.8, 4) is 0 Å². The third-order valence-electron chi connectivity index (χ3n) is 6.32. The number of hydrogen-bond donors (Lipinski definition) is 1. The van der Waals surface area contributed by atoms with Gasteiger partial charge in [-0.3, -0.25) is 4.79 Å². The van der Waals surface area contributed by atoms with Gasteiger partial charge in [0.05, 0.1) is 21.6 Å². The number of aromatic nitrogens is 1. The third-order valence-corrected chi connectivity index (χ3v) is 6.80. The molecule has 26 heavy (non-hydrogen) atoms. The monoisotopic (exact) mass is 397 g/mol. The maximum absolute atomic E-state index is 13.3. The average molecular weight is 398 g/mol. The molecule has 2 aliphatic heterocycles. The Labute approximate surface area is 164 Å². The first-order valence-corrected chi connectivity index (χ1v) is 10.3. The molecule has 7 heteroatoms. The lowest BCUT2D eigenvalue weighted by molar-refractivity contribution is -0.139. The predicted molar refractivity (Wildman–Crippen MR) is 103 cm³/mol. The zero-order chi connectivity index (χ0) is 18.3. The molecule has 0 aromatic carbocycles. The number of anilines is 1. The van der Waals surface area contributed by atoms with Gasteiger partial charge in [0.1, 0.15) is 5.82 Å². The van der Waals surface area contributed by atoms with Crippen molar-refractivity contribution < 1.29 is 9.90 Å². The van der Waals surface area contributed by atoms with Gasteiger partial charge in [0, 0.05) is 31.9 Å². The number of aliphatic hydroxyl groups is 1. The molecule has 1 aliphatic carbocycles. The third kappa shape index (κ3) is 3.30. The lowest BCUT2D eigenvalue weighted by Gasteiger charge is -2.41. The Bertz CT molecular complexity index is 693. The lowest BCUT2D eigenvalue weighted by Crippen LogP contribution is -2.50. The summed E-state index contributed by atoms with van der Waals surface area (Å²) < 4.78 is 0. The summed E-state index contributed by atoms with van der Waals surface area (Å²) in [6, 6.07) is 2.00. The number of hydrogen-bond acceptors (Lipinski definition) is 4. The van der Waals surface area contributed by atoms with E-state index in [0.29, 0.717) is 16.6 Å². The van der Waals surface area contributed by atoms with Gasteiger partial charge >= 0.3 is 0 Å². The number of carbonyl (C=O) groups is 1. The summed E-state index contributed by atoms with van der Waals surface area (Å²) in [7, 11) is 0.